The second kappa shape index (κ2) is 10.3. The molecule has 0 fully saturated rings. The molecule has 3 aromatic rings. The van der Waals surface area contributed by atoms with E-state index in [1.165, 1.54) is 24.5 Å². The van der Waals surface area contributed by atoms with E-state index in [4.69, 9.17) is 0 Å². The Morgan fingerprint density at radius 1 is 0.667 bits per heavy atom. The Morgan fingerprint density at radius 2 is 1.07 bits per heavy atom. The summed E-state index contributed by atoms with van der Waals surface area (Å²) in [6.07, 6.45) is 3.82. The SMILES string of the molecule is FB(F)O/C(=C\c1cc(/C=C(\OB(F)F)c2ccccc2)ncn1)c1ccccc1. The third-order valence-electron chi connectivity index (χ3n) is 3.82. The molecule has 10 heteroatoms. The molecule has 1 aromatic heterocycles. The lowest BCUT2D eigenvalue weighted by atomic mass is 10.1. The van der Waals surface area contributed by atoms with E-state index in [0.29, 0.717) is 11.1 Å². The Hall–Kier alpha value is -3.55. The predicted molar refractivity (Wildman–Crippen MR) is 109 cm³/mol. The molecule has 0 unspecified atom stereocenters. The minimum atomic E-state index is -3.03. The molecule has 0 N–H and O–H groups in total. The average Bonchev–Trinajstić information content (AvgIpc) is 2.74. The number of aromatic nitrogens is 2. The van der Waals surface area contributed by atoms with Crippen LogP contribution < -0.4 is 0 Å². The van der Waals surface area contributed by atoms with Crippen LogP contribution in [0.25, 0.3) is 23.7 Å². The maximum absolute atomic E-state index is 12.8. The molecule has 0 amide bonds. The first-order chi connectivity index (χ1) is 14.5. The molecule has 1 heterocycles. The molecule has 3 rings (SSSR count). The lowest BCUT2D eigenvalue weighted by Gasteiger charge is -2.10. The van der Waals surface area contributed by atoms with Gasteiger partial charge in [-0.1, -0.05) is 60.7 Å². The zero-order valence-corrected chi connectivity index (χ0v) is 15.5. The van der Waals surface area contributed by atoms with Gasteiger partial charge in [0.05, 0.1) is 11.4 Å². The first kappa shape index (κ1) is 21.2. The first-order valence-electron chi connectivity index (χ1n) is 8.77. The molecule has 0 bridgehead atoms. The van der Waals surface area contributed by atoms with Crippen LogP contribution in [-0.4, -0.2) is 24.9 Å². The van der Waals surface area contributed by atoms with Gasteiger partial charge < -0.3 is 9.31 Å². The van der Waals surface area contributed by atoms with Crippen LogP contribution in [0.4, 0.5) is 17.3 Å². The largest absolute Gasteiger partial charge is 0.796 e. The van der Waals surface area contributed by atoms with Crippen LogP contribution in [0.15, 0.2) is 73.1 Å². The van der Waals surface area contributed by atoms with Crippen molar-refractivity contribution >= 4 is 38.6 Å². The van der Waals surface area contributed by atoms with Crippen molar-refractivity contribution in [2.75, 3.05) is 0 Å². The normalized spacial score (nSPS) is 11.7. The van der Waals surface area contributed by atoms with Crippen molar-refractivity contribution < 1.29 is 26.6 Å². The fraction of sp³-hybridized carbons (Fsp3) is 0. The molecule has 0 saturated carbocycles. The third-order valence-corrected chi connectivity index (χ3v) is 3.82. The van der Waals surface area contributed by atoms with E-state index in [0.717, 1.165) is 0 Å². The van der Waals surface area contributed by atoms with Gasteiger partial charge in [-0.15, -0.1) is 0 Å². The fourth-order valence-electron chi connectivity index (χ4n) is 2.58. The van der Waals surface area contributed by atoms with Gasteiger partial charge in [-0.25, -0.2) is 27.2 Å². The molecule has 0 spiro atoms. The molecular formula is C20H14B2F4N2O2. The number of hydrogen-bond donors (Lipinski definition) is 0. The summed E-state index contributed by atoms with van der Waals surface area (Å²) in [5.41, 5.74) is 1.36. The van der Waals surface area contributed by atoms with Gasteiger partial charge in [0.25, 0.3) is 0 Å². The summed E-state index contributed by atoms with van der Waals surface area (Å²) < 4.78 is 60.6. The van der Waals surface area contributed by atoms with Crippen molar-refractivity contribution in [3.8, 4) is 0 Å². The van der Waals surface area contributed by atoms with E-state index in [1.54, 1.807) is 60.7 Å². The van der Waals surface area contributed by atoms with Gasteiger partial charge >= 0.3 is 14.9 Å². The van der Waals surface area contributed by atoms with Gasteiger partial charge in [-0.05, 0) is 6.07 Å². The smallest absolute Gasteiger partial charge is 0.505 e. The highest BCUT2D eigenvalue weighted by molar-refractivity contribution is 6.36. The van der Waals surface area contributed by atoms with E-state index < -0.39 is 14.9 Å². The summed E-state index contributed by atoms with van der Waals surface area (Å²) in [7, 11) is -6.05. The molecule has 0 aliphatic carbocycles. The van der Waals surface area contributed by atoms with Crippen molar-refractivity contribution in [2.45, 2.75) is 0 Å². The zero-order chi connectivity index (χ0) is 21.3. The minimum absolute atomic E-state index is 0.0913. The predicted octanol–water partition coefficient (Wildman–Crippen LogP) is 5.35. The van der Waals surface area contributed by atoms with Gasteiger partial charge in [-0.2, -0.15) is 0 Å². The molecule has 0 saturated heterocycles. The second-order valence-electron chi connectivity index (χ2n) is 5.87. The van der Waals surface area contributed by atoms with Gasteiger partial charge in [-0.3, -0.25) is 0 Å². The highest BCUT2D eigenvalue weighted by Gasteiger charge is 2.21. The summed E-state index contributed by atoms with van der Waals surface area (Å²) in [6.45, 7) is 0. The van der Waals surface area contributed by atoms with Crippen molar-refractivity contribution in [3.63, 3.8) is 0 Å². The summed E-state index contributed by atoms with van der Waals surface area (Å²) in [5.74, 6) is -0.183. The van der Waals surface area contributed by atoms with Crippen LogP contribution in [-0.2, 0) is 9.31 Å². The summed E-state index contributed by atoms with van der Waals surface area (Å²) in [5, 5.41) is 0. The first-order valence-corrected chi connectivity index (χ1v) is 8.77. The van der Waals surface area contributed by atoms with Gasteiger partial charge in [0.15, 0.2) is 0 Å². The number of rotatable bonds is 8. The Balaban J connectivity index is 1.97. The highest BCUT2D eigenvalue weighted by atomic mass is 19.2. The topological polar surface area (TPSA) is 44.2 Å². The summed E-state index contributed by atoms with van der Waals surface area (Å²) >= 11 is 0. The van der Waals surface area contributed by atoms with Crippen molar-refractivity contribution in [1.82, 2.24) is 9.97 Å². The van der Waals surface area contributed by atoms with Crippen molar-refractivity contribution in [2.24, 2.45) is 0 Å². The highest BCUT2D eigenvalue weighted by Crippen LogP contribution is 2.23. The molecule has 2 aromatic carbocycles. The molecule has 0 aliphatic heterocycles. The Morgan fingerprint density at radius 3 is 1.43 bits per heavy atom. The lowest BCUT2D eigenvalue weighted by Crippen LogP contribution is -2.05. The van der Waals surface area contributed by atoms with E-state index in [1.807, 2.05) is 0 Å². The minimum Gasteiger partial charge on any atom is -0.505 e. The van der Waals surface area contributed by atoms with Crippen LogP contribution >= 0.6 is 0 Å². The van der Waals surface area contributed by atoms with Crippen molar-refractivity contribution in [3.05, 3.63) is 95.6 Å². The van der Waals surface area contributed by atoms with E-state index in [2.05, 4.69) is 19.3 Å². The second-order valence-corrected chi connectivity index (χ2v) is 5.87. The zero-order valence-electron chi connectivity index (χ0n) is 15.5. The molecule has 30 heavy (non-hydrogen) atoms. The summed E-state index contributed by atoms with van der Waals surface area (Å²) in [4.78, 5) is 8.04. The van der Waals surface area contributed by atoms with Gasteiger partial charge in [0.1, 0.15) is 17.8 Å². The third kappa shape index (κ3) is 6.23. The Bertz CT molecular complexity index is 941. The van der Waals surface area contributed by atoms with Crippen molar-refractivity contribution in [1.29, 1.82) is 0 Å². The number of nitrogens with zero attached hydrogens (tertiary/aromatic N) is 2. The fourth-order valence-corrected chi connectivity index (χ4v) is 2.58. The van der Waals surface area contributed by atoms with Crippen LogP contribution in [0.1, 0.15) is 22.5 Å². The quantitative estimate of drug-likeness (QED) is 0.284. The van der Waals surface area contributed by atoms with E-state index in [-0.39, 0.29) is 22.9 Å². The molecule has 0 atom stereocenters. The number of halogens is 4. The Labute approximate surface area is 171 Å². The maximum Gasteiger partial charge on any atom is 0.796 e. The average molecular weight is 412 g/mol. The molecule has 4 nitrogen and oxygen atoms in total. The van der Waals surface area contributed by atoms with E-state index in [9.17, 15) is 17.3 Å². The van der Waals surface area contributed by atoms with E-state index >= 15 is 0 Å². The van der Waals surface area contributed by atoms with Crippen LogP contribution in [0.2, 0.25) is 0 Å². The van der Waals surface area contributed by atoms with Crippen LogP contribution in [0, 0.1) is 0 Å². The lowest BCUT2D eigenvalue weighted by molar-refractivity contribution is 0.397. The monoisotopic (exact) mass is 412 g/mol. The Kier molecular flexibility index (Phi) is 7.26. The standard InChI is InChI=1S/C20H14B2F4N2O2/c23-21(24)29-19(15-7-3-1-4-8-15)12-17-11-18(28-14-27-17)13-20(30-22(25)26)16-9-5-2-6-10-16/h1-14H/b19-12-,20-13-. The number of benzene rings is 2. The maximum atomic E-state index is 12.8. The molecule has 0 aliphatic rings. The van der Waals surface area contributed by atoms with Gasteiger partial charge in [0.2, 0.25) is 0 Å². The molecule has 0 radical (unpaired) electrons. The van der Waals surface area contributed by atoms with Crippen LogP contribution in [0.3, 0.4) is 0 Å². The van der Waals surface area contributed by atoms with Gasteiger partial charge in [0, 0.05) is 23.3 Å². The summed E-state index contributed by atoms with van der Waals surface area (Å²) in [6, 6.07) is 18.1. The molecule has 150 valence electrons. The molecular weight excluding hydrogens is 398 g/mol. The van der Waals surface area contributed by atoms with Crippen LogP contribution in [0.5, 0.6) is 0 Å². The number of hydrogen-bond acceptors (Lipinski definition) is 4.